The van der Waals surface area contributed by atoms with E-state index < -0.39 is 0 Å². The Hall–Kier alpha value is -1.56. The van der Waals surface area contributed by atoms with Crippen LogP contribution in [0, 0.1) is 11.3 Å². The van der Waals surface area contributed by atoms with Crippen LogP contribution in [-0.2, 0) is 0 Å². The van der Waals surface area contributed by atoms with Gasteiger partial charge in [0.1, 0.15) is 6.07 Å². The summed E-state index contributed by atoms with van der Waals surface area (Å²) in [5.41, 5.74) is 2.96. The van der Waals surface area contributed by atoms with Gasteiger partial charge in [-0.25, -0.2) is 0 Å². The van der Waals surface area contributed by atoms with Crippen LogP contribution in [0.3, 0.4) is 0 Å². The lowest BCUT2D eigenvalue weighted by Gasteiger charge is -1.83. The summed E-state index contributed by atoms with van der Waals surface area (Å²) < 4.78 is 0. The summed E-state index contributed by atoms with van der Waals surface area (Å²) in [5.74, 6) is 0. The molecule has 3 heteroatoms. The monoisotopic (exact) mass is 119 g/mol. The van der Waals surface area contributed by atoms with E-state index in [4.69, 9.17) is 5.26 Å². The van der Waals surface area contributed by atoms with Crippen LogP contribution >= 0.6 is 0 Å². The van der Waals surface area contributed by atoms with Gasteiger partial charge in [-0.15, -0.1) is 0 Å². The van der Waals surface area contributed by atoms with Gasteiger partial charge < -0.3 is 0 Å². The third kappa shape index (κ3) is 1.42. The summed E-state index contributed by atoms with van der Waals surface area (Å²) in [6.45, 7) is 0. The molecule has 0 bridgehead atoms. The second kappa shape index (κ2) is 2.68. The standard InChI is InChI=1S/C6H5N3/c7-5-6-3-1-2-4-8-9-6/h1-4,8H. The second-order valence-electron chi connectivity index (χ2n) is 1.46. The number of nitriles is 1. The molecule has 1 heterocycles. The lowest BCUT2D eigenvalue weighted by molar-refractivity contribution is 0.974. The molecule has 1 rings (SSSR count). The van der Waals surface area contributed by atoms with Crippen LogP contribution in [0.2, 0.25) is 0 Å². The third-order valence-corrected chi connectivity index (χ3v) is 0.836. The maximum atomic E-state index is 8.32. The summed E-state index contributed by atoms with van der Waals surface area (Å²) in [6, 6.07) is 1.90. The molecular formula is C6H5N3. The lowest BCUT2D eigenvalue weighted by atomic mass is 10.3. The minimum absolute atomic E-state index is 0.389. The van der Waals surface area contributed by atoms with E-state index in [0.29, 0.717) is 5.71 Å². The van der Waals surface area contributed by atoms with E-state index in [1.165, 1.54) is 0 Å². The Labute approximate surface area is 53.0 Å². The van der Waals surface area contributed by atoms with Crippen molar-refractivity contribution in [2.45, 2.75) is 0 Å². The van der Waals surface area contributed by atoms with Gasteiger partial charge in [-0.05, 0) is 12.2 Å². The van der Waals surface area contributed by atoms with Crippen LogP contribution in [0.15, 0.2) is 29.5 Å². The Morgan fingerprint density at radius 3 is 3.22 bits per heavy atom. The Bertz CT molecular complexity index is 217. The molecule has 0 spiro atoms. The van der Waals surface area contributed by atoms with Crippen LogP contribution in [0.4, 0.5) is 0 Å². The number of hydrogen-bond donors (Lipinski definition) is 1. The van der Waals surface area contributed by atoms with Crippen molar-refractivity contribution in [1.82, 2.24) is 5.43 Å². The molecule has 3 nitrogen and oxygen atoms in total. The molecule has 0 aromatic heterocycles. The van der Waals surface area contributed by atoms with Gasteiger partial charge in [0.05, 0.1) is 0 Å². The molecule has 0 aromatic carbocycles. The van der Waals surface area contributed by atoms with Gasteiger partial charge in [0, 0.05) is 6.20 Å². The summed E-state index contributed by atoms with van der Waals surface area (Å²) in [4.78, 5) is 0. The van der Waals surface area contributed by atoms with Crippen molar-refractivity contribution in [3.05, 3.63) is 24.4 Å². The van der Waals surface area contributed by atoms with E-state index in [1.807, 2.05) is 6.07 Å². The van der Waals surface area contributed by atoms with Crippen LogP contribution < -0.4 is 5.43 Å². The molecule has 9 heavy (non-hydrogen) atoms. The van der Waals surface area contributed by atoms with Gasteiger partial charge in [0.2, 0.25) is 0 Å². The number of hydrazone groups is 1. The predicted molar refractivity (Wildman–Crippen MR) is 34.5 cm³/mol. The fourth-order valence-corrected chi connectivity index (χ4v) is 0.452. The average Bonchev–Trinajstić information content (AvgIpc) is 2.13. The zero-order chi connectivity index (χ0) is 6.53. The minimum atomic E-state index is 0.389. The van der Waals surface area contributed by atoms with Crippen molar-refractivity contribution in [1.29, 1.82) is 5.26 Å². The van der Waals surface area contributed by atoms with Gasteiger partial charge in [0.25, 0.3) is 0 Å². The number of allylic oxidation sites excluding steroid dienone is 3. The fraction of sp³-hybridized carbons (Fsp3) is 0. The van der Waals surface area contributed by atoms with Crippen molar-refractivity contribution in [2.24, 2.45) is 5.10 Å². The highest BCUT2D eigenvalue weighted by Gasteiger charge is 1.88. The Morgan fingerprint density at radius 1 is 1.56 bits per heavy atom. The summed E-state index contributed by atoms with van der Waals surface area (Å²) in [6.07, 6.45) is 6.81. The third-order valence-electron chi connectivity index (χ3n) is 0.836. The van der Waals surface area contributed by atoms with Crippen molar-refractivity contribution in [3.63, 3.8) is 0 Å². The molecule has 1 N–H and O–H groups in total. The van der Waals surface area contributed by atoms with E-state index in [0.717, 1.165) is 0 Å². The highest BCUT2D eigenvalue weighted by Crippen LogP contribution is 1.84. The van der Waals surface area contributed by atoms with Crippen LogP contribution in [0.1, 0.15) is 0 Å². The van der Waals surface area contributed by atoms with Gasteiger partial charge in [-0.3, -0.25) is 5.43 Å². The van der Waals surface area contributed by atoms with E-state index >= 15 is 0 Å². The number of nitrogens with one attached hydrogen (secondary N) is 1. The topological polar surface area (TPSA) is 48.2 Å². The molecule has 0 atom stereocenters. The molecule has 44 valence electrons. The molecule has 0 radical (unpaired) electrons. The lowest BCUT2D eigenvalue weighted by Crippen LogP contribution is -1.96. The van der Waals surface area contributed by atoms with Crippen molar-refractivity contribution < 1.29 is 0 Å². The molecule has 0 unspecified atom stereocenters. The molecule has 0 amide bonds. The van der Waals surface area contributed by atoms with Crippen LogP contribution in [-0.4, -0.2) is 5.71 Å². The first-order chi connectivity index (χ1) is 4.43. The van der Waals surface area contributed by atoms with E-state index in [-0.39, 0.29) is 0 Å². The summed E-state index contributed by atoms with van der Waals surface area (Å²) in [7, 11) is 0. The quantitative estimate of drug-likeness (QED) is 0.506. The first-order valence-corrected chi connectivity index (χ1v) is 2.50. The van der Waals surface area contributed by atoms with E-state index in [1.54, 1.807) is 24.4 Å². The molecule has 0 fully saturated rings. The molecule has 0 saturated carbocycles. The van der Waals surface area contributed by atoms with Gasteiger partial charge in [-0.1, -0.05) is 6.08 Å². The highest BCUT2D eigenvalue weighted by molar-refractivity contribution is 6.07. The zero-order valence-corrected chi connectivity index (χ0v) is 4.70. The molecule has 1 aliphatic heterocycles. The maximum absolute atomic E-state index is 8.32. The zero-order valence-electron chi connectivity index (χ0n) is 4.70. The number of hydrogen-bond acceptors (Lipinski definition) is 3. The van der Waals surface area contributed by atoms with Crippen LogP contribution in [0.25, 0.3) is 0 Å². The maximum Gasteiger partial charge on any atom is 0.160 e. The molecular weight excluding hydrogens is 114 g/mol. The first-order valence-electron chi connectivity index (χ1n) is 2.50. The van der Waals surface area contributed by atoms with Crippen molar-refractivity contribution in [2.75, 3.05) is 0 Å². The van der Waals surface area contributed by atoms with Gasteiger partial charge >= 0.3 is 0 Å². The first kappa shape index (κ1) is 5.57. The fourth-order valence-electron chi connectivity index (χ4n) is 0.452. The second-order valence-corrected chi connectivity index (χ2v) is 1.46. The smallest absolute Gasteiger partial charge is 0.160 e. The Kier molecular flexibility index (Phi) is 1.66. The van der Waals surface area contributed by atoms with E-state index in [2.05, 4.69) is 10.5 Å². The van der Waals surface area contributed by atoms with Crippen molar-refractivity contribution >= 4 is 5.71 Å². The SMILES string of the molecule is N#CC1=NNC=CC=C1. The van der Waals surface area contributed by atoms with Gasteiger partial charge in [-0.2, -0.15) is 10.4 Å². The summed E-state index contributed by atoms with van der Waals surface area (Å²) in [5, 5.41) is 12.0. The van der Waals surface area contributed by atoms with E-state index in [9.17, 15) is 0 Å². The number of nitrogens with zero attached hydrogens (tertiary/aromatic N) is 2. The van der Waals surface area contributed by atoms with Crippen molar-refractivity contribution in [3.8, 4) is 6.07 Å². The number of rotatable bonds is 0. The molecule has 0 saturated heterocycles. The predicted octanol–water partition coefficient (Wildman–Crippen LogP) is 0.539. The highest BCUT2D eigenvalue weighted by atomic mass is 15.3. The Balaban J connectivity index is 2.78. The Morgan fingerprint density at radius 2 is 2.44 bits per heavy atom. The molecule has 1 aliphatic rings. The minimum Gasteiger partial charge on any atom is -0.285 e. The van der Waals surface area contributed by atoms with Gasteiger partial charge in [0.15, 0.2) is 5.71 Å². The average molecular weight is 119 g/mol. The largest absolute Gasteiger partial charge is 0.285 e. The summed E-state index contributed by atoms with van der Waals surface area (Å²) >= 11 is 0. The molecule has 0 aromatic rings. The molecule has 0 aliphatic carbocycles. The normalized spacial score (nSPS) is 15.2. The van der Waals surface area contributed by atoms with Crippen LogP contribution in [0.5, 0.6) is 0 Å².